The van der Waals surface area contributed by atoms with Gasteiger partial charge in [0, 0.05) is 33.4 Å². The number of nitrogens with one attached hydrogen (secondary N) is 1. The molecule has 0 spiro atoms. The zero-order chi connectivity index (χ0) is 23.4. The van der Waals surface area contributed by atoms with Crippen molar-refractivity contribution in [2.24, 2.45) is 0 Å². The Balaban J connectivity index is 1.56. The van der Waals surface area contributed by atoms with Crippen molar-refractivity contribution in [1.82, 2.24) is 4.57 Å². The van der Waals surface area contributed by atoms with E-state index in [-0.39, 0.29) is 17.1 Å². The first-order valence-electron chi connectivity index (χ1n) is 11.9. The second kappa shape index (κ2) is 10.8. The third-order valence-corrected chi connectivity index (χ3v) is 8.38. The number of thioether (sulfide) groups is 1. The van der Waals surface area contributed by atoms with Crippen LogP contribution in [0.15, 0.2) is 35.4 Å². The van der Waals surface area contributed by atoms with Gasteiger partial charge in [-0.05, 0) is 57.6 Å². The van der Waals surface area contributed by atoms with Crippen molar-refractivity contribution in [2.75, 3.05) is 11.9 Å². The quantitative estimate of drug-likeness (QED) is 0.220. The highest BCUT2D eigenvalue weighted by atomic mass is 32.2. The Morgan fingerprint density at radius 2 is 1.97 bits per heavy atom. The van der Waals surface area contributed by atoms with Gasteiger partial charge in [0.15, 0.2) is 0 Å². The summed E-state index contributed by atoms with van der Waals surface area (Å²) >= 11 is 3.11. The standard InChI is InChI=1S/C26H32N2O3S2/c1-4-15-28-16-22(18-11-9-10-13-20(18)28)32-17(3)24(29)27-25-23(26(30)31-5-2)19-12-7-6-8-14-21(19)33-25/h9-11,13,16-17H,4-8,12,14-15H2,1-3H3,(H,27,29)/t17-/m0/s1. The van der Waals surface area contributed by atoms with Crippen molar-refractivity contribution in [2.45, 2.75) is 76.0 Å². The van der Waals surface area contributed by atoms with Crippen LogP contribution in [0.2, 0.25) is 0 Å². The van der Waals surface area contributed by atoms with Gasteiger partial charge in [-0.15, -0.1) is 23.1 Å². The smallest absolute Gasteiger partial charge is 0.341 e. The highest BCUT2D eigenvalue weighted by Gasteiger charge is 2.28. The minimum absolute atomic E-state index is 0.0886. The number of fused-ring (bicyclic) bond motifs is 2. The normalized spacial score (nSPS) is 14.5. The average Bonchev–Trinajstić information content (AvgIpc) is 3.22. The Kier molecular flexibility index (Phi) is 7.81. The fraction of sp³-hybridized carbons (Fsp3) is 0.462. The highest BCUT2D eigenvalue weighted by molar-refractivity contribution is 8.00. The molecule has 0 unspecified atom stereocenters. The molecule has 1 amide bonds. The number of hydrogen-bond donors (Lipinski definition) is 1. The van der Waals surface area contributed by atoms with Crippen LogP contribution in [0, 0.1) is 0 Å². The van der Waals surface area contributed by atoms with E-state index < -0.39 is 0 Å². The summed E-state index contributed by atoms with van der Waals surface area (Å²) in [5.74, 6) is -0.413. The van der Waals surface area contributed by atoms with Gasteiger partial charge < -0.3 is 14.6 Å². The van der Waals surface area contributed by atoms with Crippen LogP contribution in [0.4, 0.5) is 5.00 Å². The molecule has 1 aromatic carbocycles. The Labute approximate surface area is 203 Å². The summed E-state index contributed by atoms with van der Waals surface area (Å²) < 4.78 is 7.62. The Bertz CT molecular complexity index is 1150. The number of benzene rings is 1. The van der Waals surface area contributed by atoms with Gasteiger partial charge in [0.25, 0.3) is 0 Å². The fourth-order valence-corrected chi connectivity index (χ4v) is 6.76. The van der Waals surface area contributed by atoms with Gasteiger partial charge in [0.2, 0.25) is 5.91 Å². The fourth-order valence-electron chi connectivity index (χ4n) is 4.44. The van der Waals surface area contributed by atoms with Crippen molar-refractivity contribution in [3.05, 3.63) is 46.5 Å². The van der Waals surface area contributed by atoms with Gasteiger partial charge >= 0.3 is 5.97 Å². The van der Waals surface area contributed by atoms with E-state index in [2.05, 4.69) is 41.2 Å². The monoisotopic (exact) mass is 484 g/mol. The summed E-state index contributed by atoms with van der Waals surface area (Å²) in [4.78, 5) is 28.3. The van der Waals surface area contributed by atoms with Crippen LogP contribution in [-0.4, -0.2) is 28.3 Å². The lowest BCUT2D eigenvalue weighted by molar-refractivity contribution is -0.115. The number of para-hydroxylation sites is 1. The number of anilines is 1. The van der Waals surface area contributed by atoms with Crippen LogP contribution in [0.1, 0.15) is 67.3 Å². The minimum atomic E-state index is -0.324. The number of ether oxygens (including phenoxy) is 1. The molecule has 2 heterocycles. The Hall–Kier alpha value is -2.25. The van der Waals surface area contributed by atoms with E-state index in [1.807, 2.05) is 19.9 Å². The molecule has 3 aromatic rings. The number of carbonyl (C=O) groups is 2. The third kappa shape index (κ3) is 5.14. The van der Waals surface area contributed by atoms with Crippen molar-refractivity contribution < 1.29 is 14.3 Å². The van der Waals surface area contributed by atoms with Gasteiger partial charge in [-0.1, -0.05) is 31.5 Å². The largest absolute Gasteiger partial charge is 0.462 e. The molecule has 2 aromatic heterocycles. The number of aryl methyl sites for hydroxylation is 2. The van der Waals surface area contributed by atoms with E-state index in [0.29, 0.717) is 17.2 Å². The molecule has 5 nitrogen and oxygen atoms in total. The number of nitrogens with zero attached hydrogens (tertiary/aromatic N) is 1. The molecule has 1 N–H and O–H groups in total. The first-order chi connectivity index (χ1) is 16.0. The number of amides is 1. The lowest BCUT2D eigenvalue weighted by Crippen LogP contribution is -2.23. The molecule has 0 aliphatic heterocycles. The Morgan fingerprint density at radius 3 is 2.76 bits per heavy atom. The number of carbonyl (C=O) groups excluding carboxylic acids is 2. The summed E-state index contributed by atoms with van der Waals surface area (Å²) in [5.41, 5.74) is 2.85. The van der Waals surface area contributed by atoms with Gasteiger partial charge in [0.05, 0.1) is 17.4 Å². The van der Waals surface area contributed by atoms with E-state index in [1.165, 1.54) is 22.2 Å². The Morgan fingerprint density at radius 1 is 1.18 bits per heavy atom. The summed E-state index contributed by atoms with van der Waals surface area (Å²) in [6, 6.07) is 8.34. The molecule has 1 aliphatic carbocycles. The van der Waals surface area contributed by atoms with E-state index in [1.54, 1.807) is 23.1 Å². The number of aromatic nitrogens is 1. The van der Waals surface area contributed by atoms with Crippen LogP contribution >= 0.6 is 23.1 Å². The van der Waals surface area contributed by atoms with Crippen molar-refractivity contribution in [1.29, 1.82) is 0 Å². The lowest BCUT2D eigenvalue weighted by Gasteiger charge is -2.12. The van der Waals surface area contributed by atoms with Crippen LogP contribution in [0.25, 0.3) is 10.9 Å². The molecule has 33 heavy (non-hydrogen) atoms. The average molecular weight is 485 g/mol. The molecule has 1 aliphatic rings. The van der Waals surface area contributed by atoms with E-state index >= 15 is 0 Å². The van der Waals surface area contributed by atoms with Gasteiger partial charge in [-0.3, -0.25) is 4.79 Å². The molecule has 1 atom stereocenters. The van der Waals surface area contributed by atoms with Crippen LogP contribution in [0.5, 0.6) is 0 Å². The molecular formula is C26H32N2O3S2. The van der Waals surface area contributed by atoms with E-state index in [0.717, 1.165) is 49.1 Å². The number of esters is 1. The highest BCUT2D eigenvalue weighted by Crippen LogP contribution is 2.39. The maximum absolute atomic E-state index is 13.2. The molecule has 7 heteroatoms. The number of hydrogen-bond acceptors (Lipinski definition) is 5. The molecule has 4 rings (SSSR count). The summed E-state index contributed by atoms with van der Waals surface area (Å²) in [5, 5.41) is 4.59. The number of thiophene rings is 1. The summed E-state index contributed by atoms with van der Waals surface area (Å²) in [6.07, 6.45) is 8.40. The number of rotatable bonds is 8. The minimum Gasteiger partial charge on any atom is -0.462 e. The van der Waals surface area contributed by atoms with Crippen molar-refractivity contribution in [3.63, 3.8) is 0 Å². The van der Waals surface area contributed by atoms with Crippen molar-refractivity contribution >= 4 is 50.9 Å². The van der Waals surface area contributed by atoms with Crippen LogP contribution in [0.3, 0.4) is 0 Å². The SMILES string of the molecule is CCCn1cc(S[C@@H](C)C(=O)Nc2sc3c(c2C(=O)OCC)CCCCC3)c2ccccc21. The second-order valence-corrected chi connectivity index (χ2v) is 10.9. The van der Waals surface area contributed by atoms with Crippen LogP contribution in [-0.2, 0) is 28.9 Å². The molecule has 0 fully saturated rings. The first-order valence-corrected chi connectivity index (χ1v) is 13.6. The zero-order valence-corrected chi connectivity index (χ0v) is 21.2. The summed E-state index contributed by atoms with van der Waals surface area (Å²) in [6.45, 7) is 7.18. The van der Waals surface area contributed by atoms with Crippen LogP contribution < -0.4 is 5.32 Å². The lowest BCUT2D eigenvalue weighted by atomic mass is 10.1. The van der Waals surface area contributed by atoms with Gasteiger partial charge in [-0.2, -0.15) is 0 Å². The molecular weight excluding hydrogens is 452 g/mol. The second-order valence-electron chi connectivity index (χ2n) is 8.44. The molecule has 0 saturated heterocycles. The van der Waals surface area contributed by atoms with Crippen molar-refractivity contribution in [3.8, 4) is 0 Å². The van der Waals surface area contributed by atoms with E-state index in [4.69, 9.17) is 4.74 Å². The molecule has 0 bridgehead atoms. The molecule has 0 saturated carbocycles. The summed E-state index contributed by atoms with van der Waals surface area (Å²) in [7, 11) is 0. The zero-order valence-electron chi connectivity index (χ0n) is 19.6. The third-order valence-electron chi connectivity index (χ3n) is 6.03. The first kappa shape index (κ1) is 23.9. The molecule has 176 valence electrons. The topological polar surface area (TPSA) is 60.3 Å². The maximum atomic E-state index is 13.2. The molecule has 0 radical (unpaired) electrons. The predicted octanol–water partition coefficient (Wildman–Crippen LogP) is 6.68. The predicted molar refractivity (Wildman–Crippen MR) is 138 cm³/mol. The van der Waals surface area contributed by atoms with E-state index in [9.17, 15) is 9.59 Å². The van der Waals surface area contributed by atoms with Gasteiger partial charge in [0.1, 0.15) is 5.00 Å². The maximum Gasteiger partial charge on any atom is 0.341 e. The van der Waals surface area contributed by atoms with Gasteiger partial charge in [-0.25, -0.2) is 4.79 Å².